The number of hydrogen-bond donors (Lipinski definition) is 1. The SMILES string of the molecule is O=C(NCCCC(=O)N1CCc2ccccc2C1)C1CCCN1C(=O)Cc1cccs1. The Morgan fingerprint density at radius 1 is 1.03 bits per heavy atom. The van der Waals surface area contributed by atoms with Crippen LogP contribution in [-0.4, -0.2) is 53.2 Å². The summed E-state index contributed by atoms with van der Waals surface area (Å²) in [6.07, 6.45) is 3.84. The van der Waals surface area contributed by atoms with Crippen LogP contribution in [0.25, 0.3) is 0 Å². The zero-order chi connectivity index (χ0) is 21.6. The van der Waals surface area contributed by atoms with Crippen molar-refractivity contribution in [1.29, 1.82) is 0 Å². The van der Waals surface area contributed by atoms with Gasteiger partial charge < -0.3 is 15.1 Å². The van der Waals surface area contributed by atoms with Gasteiger partial charge in [0.2, 0.25) is 17.7 Å². The van der Waals surface area contributed by atoms with Crippen LogP contribution in [0.4, 0.5) is 0 Å². The minimum Gasteiger partial charge on any atom is -0.354 e. The predicted molar refractivity (Wildman–Crippen MR) is 121 cm³/mol. The van der Waals surface area contributed by atoms with Gasteiger partial charge in [0.1, 0.15) is 6.04 Å². The Hall–Kier alpha value is -2.67. The maximum Gasteiger partial charge on any atom is 0.242 e. The van der Waals surface area contributed by atoms with E-state index < -0.39 is 0 Å². The third kappa shape index (κ3) is 5.34. The normalized spacial score (nSPS) is 18.0. The van der Waals surface area contributed by atoms with Gasteiger partial charge in [-0.1, -0.05) is 30.3 Å². The Morgan fingerprint density at radius 3 is 2.68 bits per heavy atom. The topological polar surface area (TPSA) is 69.7 Å². The van der Waals surface area contributed by atoms with E-state index in [1.165, 1.54) is 11.1 Å². The fourth-order valence-corrected chi connectivity index (χ4v) is 5.13. The quantitative estimate of drug-likeness (QED) is 0.675. The molecule has 1 atom stereocenters. The lowest BCUT2D eigenvalue weighted by Gasteiger charge is -2.29. The minimum atomic E-state index is -0.387. The first-order valence-electron chi connectivity index (χ1n) is 11.1. The van der Waals surface area contributed by atoms with Crippen LogP contribution in [0.15, 0.2) is 41.8 Å². The van der Waals surface area contributed by atoms with Gasteiger partial charge in [0, 0.05) is 37.5 Å². The van der Waals surface area contributed by atoms with Crippen LogP contribution in [0.5, 0.6) is 0 Å². The van der Waals surface area contributed by atoms with Gasteiger partial charge in [0.05, 0.1) is 6.42 Å². The summed E-state index contributed by atoms with van der Waals surface area (Å²) in [7, 11) is 0. The maximum atomic E-state index is 12.6. The molecule has 4 rings (SSSR count). The highest BCUT2D eigenvalue weighted by molar-refractivity contribution is 7.10. The number of benzene rings is 1. The van der Waals surface area contributed by atoms with Crippen molar-refractivity contribution < 1.29 is 14.4 Å². The van der Waals surface area contributed by atoms with E-state index in [9.17, 15) is 14.4 Å². The van der Waals surface area contributed by atoms with E-state index in [4.69, 9.17) is 0 Å². The largest absolute Gasteiger partial charge is 0.354 e. The number of fused-ring (bicyclic) bond motifs is 1. The van der Waals surface area contributed by atoms with Gasteiger partial charge in [-0.05, 0) is 48.3 Å². The molecule has 0 saturated carbocycles. The van der Waals surface area contributed by atoms with E-state index in [1.807, 2.05) is 34.5 Å². The summed E-state index contributed by atoms with van der Waals surface area (Å²) < 4.78 is 0. The van der Waals surface area contributed by atoms with E-state index in [1.54, 1.807) is 16.2 Å². The summed E-state index contributed by atoms with van der Waals surface area (Å²) in [4.78, 5) is 42.5. The van der Waals surface area contributed by atoms with Gasteiger partial charge in [-0.15, -0.1) is 11.3 Å². The molecule has 7 heteroatoms. The number of carbonyl (C=O) groups is 3. The van der Waals surface area contributed by atoms with E-state index >= 15 is 0 Å². The van der Waals surface area contributed by atoms with Crippen LogP contribution in [0, 0.1) is 0 Å². The van der Waals surface area contributed by atoms with Crippen LogP contribution in [0.3, 0.4) is 0 Å². The number of carbonyl (C=O) groups excluding carboxylic acids is 3. The molecule has 2 aliphatic heterocycles. The lowest BCUT2D eigenvalue weighted by atomic mass is 9.99. The molecule has 31 heavy (non-hydrogen) atoms. The molecule has 0 spiro atoms. The molecule has 1 aromatic heterocycles. The van der Waals surface area contributed by atoms with Crippen molar-refractivity contribution >= 4 is 29.1 Å². The van der Waals surface area contributed by atoms with E-state index in [-0.39, 0.29) is 23.8 Å². The van der Waals surface area contributed by atoms with Crippen molar-refractivity contribution in [3.8, 4) is 0 Å². The molecule has 1 aromatic carbocycles. The third-order valence-corrected chi connectivity index (χ3v) is 7.01. The van der Waals surface area contributed by atoms with Crippen LogP contribution in [0.2, 0.25) is 0 Å². The third-order valence-electron chi connectivity index (χ3n) is 6.13. The number of nitrogens with zero attached hydrogens (tertiary/aromatic N) is 2. The smallest absolute Gasteiger partial charge is 0.242 e. The number of nitrogens with one attached hydrogen (secondary N) is 1. The monoisotopic (exact) mass is 439 g/mol. The average Bonchev–Trinajstić information content (AvgIpc) is 3.48. The lowest BCUT2D eigenvalue weighted by molar-refractivity contribution is -0.137. The highest BCUT2D eigenvalue weighted by Gasteiger charge is 2.33. The van der Waals surface area contributed by atoms with Crippen molar-refractivity contribution in [2.45, 2.75) is 51.1 Å². The van der Waals surface area contributed by atoms with Gasteiger partial charge >= 0.3 is 0 Å². The summed E-state index contributed by atoms with van der Waals surface area (Å²) >= 11 is 1.56. The lowest BCUT2D eigenvalue weighted by Crippen LogP contribution is -2.46. The molecule has 3 heterocycles. The van der Waals surface area contributed by atoms with E-state index in [2.05, 4.69) is 17.4 Å². The predicted octanol–water partition coefficient (Wildman–Crippen LogP) is 2.76. The number of rotatable bonds is 7. The second kappa shape index (κ2) is 10.1. The van der Waals surface area contributed by atoms with Crippen molar-refractivity contribution in [3.05, 3.63) is 57.8 Å². The minimum absolute atomic E-state index is 0.0145. The second-order valence-electron chi connectivity index (χ2n) is 8.23. The maximum absolute atomic E-state index is 12.6. The molecule has 0 bridgehead atoms. The first-order valence-corrected chi connectivity index (χ1v) is 11.9. The number of likely N-dealkylation sites (tertiary alicyclic amines) is 1. The second-order valence-corrected chi connectivity index (χ2v) is 9.26. The van der Waals surface area contributed by atoms with Crippen molar-refractivity contribution in [2.24, 2.45) is 0 Å². The zero-order valence-corrected chi connectivity index (χ0v) is 18.5. The molecule has 2 aliphatic rings. The fourth-order valence-electron chi connectivity index (χ4n) is 4.44. The molecule has 0 aliphatic carbocycles. The first kappa shape index (κ1) is 21.6. The van der Waals surface area contributed by atoms with Gasteiger partial charge in [-0.2, -0.15) is 0 Å². The molecule has 3 amide bonds. The van der Waals surface area contributed by atoms with Crippen molar-refractivity contribution in [1.82, 2.24) is 15.1 Å². The van der Waals surface area contributed by atoms with Crippen molar-refractivity contribution in [2.75, 3.05) is 19.6 Å². The summed E-state index contributed by atoms with van der Waals surface area (Å²) in [6, 6.07) is 11.8. The van der Waals surface area contributed by atoms with Crippen LogP contribution < -0.4 is 5.32 Å². The molecular formula is C24H29N3O3S. The van der Waals surface area contributed by atoms with E-state index in [0.717, 1.165) is 24.3 Å². The zero-order valence-electron chi connectivity index (χ0n) is 17.7. The van der Waals surface area contributed by atoms with Gasteiger partial charge in [0.15, 0.2) is 0 Å². The molecule has 2 aromatic rings. The molecular weight excluding hydrogens is 410 g/mol. The average molecular weight is 440 g/mol. The van der Waals surface area contributed by atoms with Gasteiger partial charge in [-0.3, -0.25) is 14.4 Å². The summed E-state index contributed by atoms with van der Waals surface area (Å²) in [5.74, 6) is 0.0504. The number of hydrogen-bond acceptors (Lipinski definition) is 4. The molecule has 0 radical (unpaired) electrons. The van der Waals surface area contributed by atoms with Gasteiger partial charge in [-0.25, -0.2) is 0 Å². The fraction of sp³-hybridized carbons (Fsp3) is 0.458. The Bertz CT molecular complexity index is 928. The Morgan fingerprint density at radius 2 is 1.87 bits per heavy atom. The Balaban J connectivity index is 1.19. The number of amides is 3. The number of thiophene rings is 1. The molecule has 1 saturated heterocycles. The van der Waals surface area contributed by atoms with E-state index in [0.29, 0.717) is 45.3 Å². The summed E-state index contributed by atoms with van der Waals surface area (Å²) in [5.41, 5.74) is 2.55. The molecule has 6 nitrogen and oxygen atoms in total. The standard InChI is InChI=1S/C24H29N3O3S/c28-22(26-14-11-18-6-1-2-7-19(18)17-26)10-3-12-25-24(30)21-9-4-13-27(21)23(29)16-20-8-5-15-31-20/h1-2,5-8,15,21H,3-4,9-14,16-17H2,(H,25,30). The highest BCUT2D eigenvalue weighted by Crippen LogP contribution is 2.21. The molecule has 1 fully saturated rings. The van der Waals surface area contributed by atoms with Crippen LogP contribution in [-0.2, 0) is 33.8 Å². The Labute approximate surface area is 187 Å². The highest BCUT2D eigenvalue weighted by atomic mass is 32.1. The molecule has 1 N–H and O–H groups in total. The Kier molecular flexibility index (Phi) is 7.02. The van der Waals surface area contributed by atoms with Crippen molar-refractivity contribution in [3.63, 3.8) is 0 Å². The molecule has 164 valence electrons. The summed E-state index contributed by atoms with van der Waals surface area (Å²) in [5, 5.41) is 4.90. The van der Waals surface area contributed by atoms with Crippen LogP contribution >= 0.6 is 11.3 Å². The molecule has 1 unspecified atom stereocenters. The van der Waals surface area contributed by atoms with Crippen LogP contribution in [0.1, 0.15) is 41.7 Å². The first-order chi connectivity index (χ1) is 15.1. The summed E-state index contributed by atoms with van der Waals surface area (Å²) in [6.45, 7) is 2.52. The van der Waals surface area contributed by atoms with Gasteiger partial charge in [0.25, 0.3) is 0 Å².